The molecular formula is C11H16N2OS. The number of thiophene rings is 1. The zero-order valence-corrected chi connectivity index (χ0v) is 9.72. The molecule has 0 aromatic carbocycles. The summed E-state index contributed by atoms with van der Waals surface area (Å²) in [4.78, 5) is 14.9. The second-order valence-electron chi connectivity index (χ2n) is 3.99. The maximum atomic E-state index is 11.8. The van der Waals surface area contributed by atoms with Crippen molar-refractivity contribution in [2.24, 2.45) is 0 Å². The highest BCUT2D eigenvalue weighted by molar-refractivity contribution is 7.12. The highest BCUT2D eigenvalue weighted by Gasteiger charge is 2.18. The molecule has 3 nitrogen and oxygen atoms in total. The number of nitrogens with one attached hydrogen (secondary N) is 1. The van der Waals surface area contributed by atoms with Crippen molar-refractivity contribution in [1.29, 1.82) is 0 Å². The van der Waals surface area contributed by atoms with Crippen molar-refractivity contribution >= 4 is 17.1 Å². The third-order valence-electron chi connectivity index (χ3n) is 2.62. The summed E-state index contributed by atoms with van der Waals surface area (Å²) in [5.74, 6) is 0.249. The predicted molar refractivity (Wildman–Crippen MR) is 62.6 cm³/mol. The fourth-order valence-corrected chi connectivity index (χ4v) is 2.53. The summed E-state index contributed by atoms with van der Waals surface area (Å²) in [7, 11) is 0. The van der Waals surface area contributed by atoms with E-state index in [1.54, 1.807) is 0 Å². The Balaban J connectivity index is 1.89. The molecule has 0 spiro atoms. The maximum Gasteiger partial charge on any atom is 0.186 e. The summed E-state index contributed by atoms with van der Waals surface area (Å²) in [6.45, 7) is 5.64. The summed E-state index contributed by atoms with van der Waals surface area (Å²) < 4.78 is 0. The molecule has 4 heteroatoms. The van der Waals surface area contributed by atoms with Gasteiger partial charge < -0.3 is 5.32 Å². The van der Waals surface area contributed by atoms with Gasteiger partial charge in [-0.05, 0) is 18.4 Å². The minimum atomic E-state index is 0.249. The Morgan fingerprint density at radius 3 is 3.27 bits per heavy atom. The van der Waals surface area contributed by atoms with E-state index in [1.807, 2.05) is 17.5 Å². The van der Waals surface area contributed by atoms with Crippen LogP contribution < -0.4 is 5.32 Å². The van der Waals surface area contributed by atoms with Crippen LogP contribution in [0.1, 0.15) is 16.6 Å². The third-order valence-corrected chi connectivity index (χ3v) is 3.53. The van der Waals surface area contributed by atoms with E-state index in [2.05, 4.69) is 17.1 Å². The van der Waals surface area contributed by atoms with Crippen LogP contribution in [-0.4, -0.2) is 42.9 Å². The lowest BCUT2D eigenvalue weighted by molar-refractivity contribution is 0.0912. The summed E-state index contributed by atoms with van der Waals surface area (Å²) in [5.41, 5.74) is 0. The molecule has 0 unspecified atom stereocenters. The number of rotatable bonds is 3. The lowest BCUT2D eigenvalue weighted by atomic mass is 10.2. The van der Waals surface area contributed by atoms with Gasteiger partial charge in [-0.15, -0.1) is 11.3 Å². The Bertz CT molecular complexity index is 323. The zero-order chi connectivity index (χ0) is 10.7. The SMILES string of the molecule is C[C@H]1CN(CC(=O)c2cccs2)CCN1. The molecule has 1 aromatic rings. The van der Waals surface area contributed by atoms with Crippen LogP contribution in [0.4, 0.5) is 0 Å². The first-order valence-electron chi connectivity index (χ1n) is 5.28. The van der Waals surface area contributed by atoms with Gasteiger partial charge >= 0.3 is 0 Å². The van der Waals surface area contributed by atoms with Gasteiger partial charge in [-0.3, -0.25) is 9.69 Å². The fraction of sp³-hybridized carbons (Fsp3) is 0.545. The number of Topliss-reactive ketones (excluding diaryl/α,β-unsaturated/α-hetero) is 1. The second-order valence-corrected chi connectivity index (χ2v) is 4.94. The van der Waals surface area contributed by atoms with Crippen molar-refractivity contribution in [3.63, 3.8) is 0 Å². The molecule has 0 bridgehead atoms. The summed E-state index contributed by atoms with van der Waals surface area (Å²) in [5, 5.41) is 5.32. The number of ketones is 1. The summed E-state index contributed by atoms with van der Waals surface area (Å²) in [6, 6.07) is 4.33. The van der Waals surface area contributed by atoms with Crippen LogP contribution in [0.2, 0.25) is 0 Å². The van der Waals surface area contributed by atoms with E-state index < -0.39 is 0 Å². The Hall–Kier alpha value is -0.710. The van der Waals surface area contributed by atoms with Crippen LogP contribution in [0.5, 0.6) is 0 Å². The average Bonchev–Trinajstić information content (AvgIpc) is 2.70. The van der Waals surface area contributed by atoms with Gasteiger partial charge in [0.1, 0.15) is 0 Å². The summed E-state index contributed by atoms with van der Waals surface area (Å²) in [6.07, 6.45) is 0. The molecule has 1 aromatic heterocycles. The number of hydrogen-bond donors (Lipinski definition) is 1. The number of carbonyl (C=O) groups excluding carboxylic acids is 1. The molecule has 1 fully saturated rings. The molecule has 82 valence electrons. The first kappa shape index (κ1) is 10.8. The smallest absolute Gasteiger partial charge is 0.186 e. The highest BCUT2D eigenvalue weighted by Crippen LogP contribution is 2.10. The first-order valence-corrected chi connectivity index (χ1v) is 6.16. The van der Waals surface area contributed by atoms with Crippen LogP contribution in [0, 0.1) is 0 Å². The Labute approximate surface area is 94.1 Å². The monoisotopic (exact) mass is 224 g/mol. The molecule has 0 saturated carbocycles. The Morgan fingerprint density at radius 2 is 2.60 bits per heavy atom. The van der Waals surface area contributed by atoms with Gasteiger partial charge in [0, 0.05) is 25.7 Å². The Morgan fingerprint density at radius 1 is 1.73 bits per heavy atom. The molecule has 0 amide bonds. The van der Waals surface area contributed by atoms with Gasteiger partial charge in [0.25, 0.3) is 0 Å². The van der Waals surface area contributed by atoms with E-state index in [9.17, 15) is 4.79 Å². The van der Waals surface area contributed by atoms with Gasteiger partial charge in [0.05, 0.1) is 11.4 Å². The number of nitrogens with zero attached hydrogens (tertiary/aromatic N) is 1. The van der Waals surface area contributed by atoms with Crippen molar-refractivity contribution < 1.29 is 4.79 Å². The number of piperazine rings is 1. The highest BCUT2D eigenvalue weighted by atomic mass is 32.1. The zero-order valence-electron chi connectivity index (χ0n) is 8.90. The molecule has 1 saturated heterocycles. The molecule has 1 N–H and O–H groups in total. The van der Waals surface area contributed by atoms with Crippen LogP contribution in [0.25, 0.3) is 0 Å². The molecule has 1 atom stereocenters. The van der Waals surface area contributed by atoms with E-state index in [0.29, 0.717) is 12.6 Å². The predicted octanol–water partition coefficient (Wildman–Crippen LogP) is 1.22. The molecule has 0 aliphatic carbocycles. The second kappa shape index (κ2) is 4.88. The fourth-order valence-electron chi connectivity index (χ4n) is 1.87. The molecule has 15 heavy (non-hydrogen) atoms. The van der Waals surface area contributed by atoms with Crippen LogP contribution >= 0.6 is 11.3 Å². The van der Waals surface area contributed by atoms with E-state index >= 15 is 0 Å². The van der Waals surface area contributed by atoms with Crippen LogP contribution in [0.3, 0.4) is 0 Å². The van der Waals surface area contributed by atoms with Crippen LogP contribution in [-0.2, 0) is 0 Å². The molecular weight excluding hydrogens is 208 g/mol. The van der Waals surface area contributed by atoms with Crippen LogP contribution in [0.15, 0.2) is 17.5 Å². The van der Waals surface area contributed by atoms with E-state index in [0.717, 1.165) is 24.5 Å². The minimum absolute atomic E-state index is 0.249. The van der Waals surface area contributed by atoms with Gasteiger partial charge in [0.15, 0.2) is 5.78 Å². The van der Waals surface area contributed by atoms with Crippen molar-refractivity contribution in [2.75, 3.05) is 26.2 Å². The normalized spacial score (nSPS) is 22.9. The molecule has 2 heterocycles. The minimum Gasteiger partial charge on any atom is -0.312 e. The third kappa shape index (κ3) is 2.87. The molecule has 2 rings (SSSR count). The summed E-state index contributed by atoms with van der Waals surface area (Å²) >= 11 is 1.53. The molecule has 1 aliphatic heterocycles. The first-order chi connectivity index (χ1) is 7.25. The largest absolute Gasteiger partial charge is 0.312 e. The molecule has 1 aliphatic rings. The Kier molecular flexibility index (Phi) is 3.51. The van der Waals surface area contributed by atoms with Gasteiger partial charge in [0.2, 0.25) is 0 Å². The maximum absolute atomic E-state index is 11.8. The average molecular weight is 224 g/mol. The van der Waals surface area contributed by atoms with Crippen molar-refractivity contribution in [3.8, 4) is 0 Å². The van der Waals surface area contributed by atoms with Gasteiger partial charge in [-0.1, -0.05) is 6.07 Å². The van der Waals surface area contributed by atoms with Gasteiger partial charge in [-0.25, -0.2) is 0 Å². The van der Waals surface area contributed by atoms with E-state index in [-0.39, 0.29) is 5.78 Å². The van der Waals surface area contributed by atoms with E-state index in [4.69, 9.17) is 0 Å². The number of hydrogen-bond acceptors (Lipinski definition) is 4. The van der Waals surface area contributed by atoms with Crippen molar-refractivity contribution in [3.05, 3.63) is 22.4 Å². The standard InChI is InChI=1S/C11H16N2OS/c1-9-7-13(5-4-12-9)8-10(14)11-3-2-6-15-11/h2-3,6,9,12H,4-5,7-8H2,1H3/t9-/m0/s1. The lowest BCUT2D eigenvalue weighted by Gasteiger charge is -2.31. The topological polar surface area (TPSA) is 32.3 Å². The van der Waals surface area contributed by atoms with Crippen molar-refractivity contribution in [2.45, 2.75) is 13.0 Å². The lowest BCUT2D eigenvalue weighted by Crippen LogP contribution is -2.50. The van der Waals surface area contributed by atoms with E-state index in [1.165, 1.54) is 11.3 Å². The van der Waals surface area contributed by atoms with Gasteiger partial charge in [-0.2, -0.15) is 0 Å². The molecule has 0 radical (unpaired) electrons. The number of carbonyl (C=O) groups is 1. The van der Waals surface area contributed by atoms with Crippen molar-refractivity contribution in [1.82, 2.24) is 10.2 Å². The quantitative estimate of drug-likeness (QED) is 0.784.